The van der Waals surface area contributed by atoms with Crippen LogP contribution in [0.25, 0.3) is 0 Å². The third kappa shape index (κ3) is 4.77. The Balaban J connectivity index is 2.06. The first-order valence-corrected chi connectivity index (χ1v) is 10.1. The number of thioether (sulfide) groups is 2. The molecule has 5 nitrogen and oxygen atoms in total. The zero-order valence-corrected chi connectivity index (χ0v) is 16.3. The Labute approximate surface area is 151 Å². The van der Waals surface area contributed by atoms with Gasteiger partial charge in [0.2, 0.25) is 11.8 Å². The lowest BCUT2D eigenvalue weighted by atomic mass is 9.98. The third-order valence-corrected chi connectivity index (χ3v) is 5.01. The Morgan fingerprint density at radius 2 is 2.04 bits per heavy atom. The minimum atomic E-state index is -0.327. The summed E-state index contributed by atoms with van der Waals surface area (Å²) in [5.74, 6) is 1.53. The summed E-state index contributed by atoms with van der Waals surface area (Å²) in [6.45, 7) is 8.08. The highest BCUT2D eigenvalue weighted by molar-refractivity contribution is 8.00. The average molecular weight is 366 g/mol. The number of benzene rings is 1. The molecule has 1 amide bonds. The van der Waals surface area contributed by atoms with Gasteiger partial charge in [-0.2, -0.15) is 11.8 Å². The van der Waals surface area contributed by atoms with Gasteiger partial charge in [-0.3, -0.25) is 4.79 Å². The number of carbonyl (C=O) groups is 1. The van der Waals surface area contributed by atoms with Gasteiger partial charge in [0.05, 0.1) is 11.0 Å². The predicted octanol–water partition coefficient (Wildman–Crippen LogP) is 4.48. The fourth-order valence-corrected chi connectivity index (χ4v) is 3.30. The van der Waals surface area contributed by atoms with E-state index in [2.05, 4.69) is 35.4 Å². The Morgan fingerprint density at radius 3 is 2.71 bits per heavy atom. The van der Waals surface area contributed by atoms with Crippen LogP contribution < -0.4 is 5.32 Å². The van der Waals surface area contributed by atoms with E-state index in [9.17, 15) is 4.79 Å². The van der Waals surface area contributed by atoms with Crippen molar-refractivity contribution in [1.29, 1.82) is 0 Å². The summed E-state index contributed by atoms with van der Waals surface area (Å²) < 4.78 is 5.52. The molecule has 0 spiro atoms. The van der Waals surface area contributed by atoms with E-state index in [1.807, 2.05) is 32.2 Å². The molecule has 0 saturated heterocycles. The fraction of sp³-hybridized carbons (Fsp3) is 0.471. The maximum absolute atomic E-state index is 12.6. The molecule has 0 aliphatic heterocycles. The van der Waals surface area contributed by atoms with Crippen LogP contribution in [-0.4, -0.2) is 27.6 Å². The molecule has 0 aliphatic carbocycles. The van der Waals surface area contributed by atoms with Crippen LogP contribution in [-0.2, 0) is 10.5 Å². The number of amides is 1. The van der Waals surface area contributed by atoms with Crippen LogP contribution >= 0.6 is 23.5 Å². The molecule has 130 valence electrons. The molecule has 24 heavy (non-hydrogen) atoms. The van der Waals surface area contributed by atoms with Crippen LogP contribution in [0.1, 0.15) is 43.7 Å². The van der Waals surface area contributed by atoms with Crippen LogP contribution in [0.2, 0.25) is 0 Å². The quantitative estimate of drug-likeness (QED) is 0.730. The van der Waals surface area contributed by atoms with Crippen molar-refractivity contribution in [2.75, 3.05) is 11.6 Å². The van der Waals surface area contributed by atoms with Gasteiger partial charge in [-0.15, -0.1) is 10.2 Å². The van der Waals surface area contributed by atoms with Crippen molar-refractivity contribution in [2.24, 2.45) is 0 Å². The number of hydrogen-bond donors (Lipinski definition) is 1. The molecule has 7 heteroatoms. The number of nitrogens with one attached hydrogen (secondary N) is 1. The molecule has 2 aromatic rings. The van der Waals surface area contributed by atoms with E-state index in [1.165, 1.54) is 11.8 Å². The largest absolute Gasteiger partial charge is 0.415 e. The maximum Gasteiger partial charge on any atom is 0.277 e. The molecule has 2 rings (SSSR count). The molecule has 1 aromatic heterocycles. The molecular weight excluding hydrogens is 342 g/mol. The van der Waals surface area contributed by atoms with Crippen LogP contribution in [0.4, 0.5) is 5.69 Å². The Morgan fingerprint density at radius 1 is 1.29 bits per heavy atom. The van der Waals surface area contributed by atoms with Gasteiger partial charge >= 0.3 is 0 Å². The van der Waals surface area contributed by atoms with Gasteiger partial charge in [0.15, 0.2) is 0 Å². The molecular formula is C17H23N3O2S2. The monoisotopic (exact) mass is 365 g/mol. The fourth-order valence-electron chi connectivity index (χ4n) is 2.24. The second-order valence-electron chi connectivity index (χ2n) is 5.84. The van der Waals surface area contributed by atoms with Crippen LogP contribution in [0.3, 0.4) is 0 Å². The number of anilines is 1. The lowest BCUT2D eigenvalue weighted by molar-refractivity contribution is -0.115. The molecule has 1 N–H and O–H groups in total. The van der Waals surface area contributed by atoms with Crippen molar-refractivity contribution in [3.8, 4) is 0 Å². The van der Waals surface area contributed by atoms with Crippen LogP contribution in [0.15, 0.2) is 27.8 Å². The van der Waals surface area contributed by atoms with Crippen molar-refractivity contribution in [2.45, 2.75) is 49.8 Å². The lowest BCUT2D eigenvalue weighted by Gasteiger charge is -2.18. The lowest BCUT2D eigenvalue weighted by Crippen LogP contribution is -2.23. The summed E-state index contributed by atoms with van der Waals surface area (Å²) in [5.41, 5.74) is 3.10. The Hall–Kier alpha value is -1.47. The number of hydrogen-bond acceptors (Lipinski definition) is 6. The van der Waals surface area contributed by atoms with Gasteiger partial charge in [0.25, 0.3) is 5.22 Å². The van der Waals surface area contributed by atoms with Crippen molar-refractivity contribution >= 4 is 35.1 Å². The summed E-state index contributed by atoms with van der Waals surface area (Å²) >= 11 is 2.89. The van der Waals surface area contributed by atoms with E-state index in [0.29, 0.717) is 22.8 Å². The van der Waals surface area contributed by atoms with Crippen molar-refractivity contribution in [1.82, 2.24) is 10.2 Å². The minimum absolute atomic E-state index is 0.0687. The van der Waals surface area contributed by atoms with E-state index in [0.717, 1.165) is 16.8 Å². The molecule has 1 unspecified atom stereocenters. The van der Waals surface area contributed by atoms with Crippen LogP contribution in [0, 0.1) is 6.92 Å². The van der Waals surface area contributed by atoms with E-state index in [-0.39, 0.29) is 11.2 Å². The van der Waals surface area contributed by atoms with E-state index in [4.69, 9.17) is 4.42 Å². The smallest absolute Gasteiger partial charge is 0.277 e. The van der Waals surface area contributed by atoms with Crippen molar-refractivity contribution in [3.63, 3.8) is 0 Å². The molecule has 1 atom stereocenters. The summed E-state index contributed by atoms with van der Waals surface area (Å²) in [5, 5.41) is 11.1. The zero-order valence-electron chi connectivity index (χ0n) is 14.6. The van der Waals surface area contributed by atoms with E-state index < -0.39 is 0 Å². The molecule has 1 aromatic carbocycles. The standard InChI is InChI=1S/C17H23N3O2S2/c1-10(2)13-8-6-7-11(3)15(13)18-16(21)12(4)24-17-20-19-14(22-17)9-23-5/h6-8,10,12H,9H2,1-5H3,(H,18,21). The van der Waals surface area contributed by atoms with Crippen molar-refractivity contribution < 1.29 is 9.21 Å². The normalized spacial score (nSPS) is 12.4. The van der Waals surface area contributed by atoms with Gasteiger partial charge in [-0.05, 0) is 37.1 Å². The van der Waals surface area contributed by atoms with Gasteiger partial charge < -0.3 is 9.73 Å². The SMILES string of the molecule is CSCc1nnc(SC(C)C(=O)Nc2c(C)cccc2C(C)C)o1. The summed E-state index contributed by atoms with van der Waals surface area (Å²) in [7, 11) is 0. The molecule has 1 heterocycles. The Bertz CT molecular complexity index is 701. The van der Waals surface area contributed by atoms with Gasteiger partial charge in [0.1, 0.15) is 0 Å². The summed E-state index contributed by atoms with van der Waals surface area (Å²) in [6, 6.07) is 6.08. The van der Waals surface area contributed by atoms with E-state index in [1.54, 1.807) is 11.8 Å². The number of carbonyl (C=O) groups excluding carboxylic acids is 1. The Kier molecular flexibility index (Phi) is 6.74. The maximum atomic E-state index is 12.6. The van der Waals surface area contributed by atoms with E-state index >= 15 is 0 Å². The first kappa shape index (κ1) is 18.9. The average Bonchev–Trinajstić information content (AvgIpc) is 2.96. The second kappa shape index (κ2) is 8.58. The highest BCUT2D eigenvalue weighted by Crippen LogP contribution is 2.29. The van der Waals surface area contributed by atoms with Gasteiger partial charge in [0, 0.05) is 5.69 Å². The number of aryl methyl sites for hydroxylation is 1. The highest BCUT2D eigenvalue weighted by atomic mass is 32.2. The molecule has 0 radical (unpaired) electrons. The topological polar surface area (TPSA) is 68.0 Å². The van der Waals surface area contributed by atoms with Crippen molar-refractivity contribution in [3.05, 3.63) is 35.2 Å². The first-order chi connectivity index (χ1) is 11.4. The summed E-state index contributed by atoms with van der Waals surface area (Å²) in [4.78, 5) is 12.6. The highest BCUT2D eigenvalue weighted by Gasteiger charge is 2.20. The number of aromatic nitrogens is 2. The number of para-hydroxylation sites is 1. The minimum Gasteiger partial charge on any atom is -0.415 e. The molecule has 0 aliphatic rings. The van der Waals surface area contributed by atoms with Gasteiger partial charge in [-0.25, -0.2) is 0 Å². The third-order valence-electron chi connectivity index (χ3n) is 3.54. The zero-order chi connectivity index (χ0) is 17.7. The number of nitrogens with zero attached hydrogens (tertiary/aromatic N) is 2. The van der Waals surface area contributed by atoms with Crippen LogP contribution in [0.5, 0.6) is 0 Å². The van der Waals surface area contributed by atoms with Gasteiger partial charge in [-0.1, -0.05) is 43.8 Å². The second-order valence-corrected chi connectivity index (χ2v) is 8.00. The summed E-state index contributed by atoms with van der Waals surface area (Å²) in [6.07, 6.45) is 1.97. The molecule has 0 fully saturated rings. The number of rotatable bonds is 7. The first-order valence-electron chi connectivity index (χ1n) is 7.80. The molecule has 0 bridgehead atoms. The predicted molar refractivity (Wildman–Crippen MR) is 101 cm³/mol. The molecule has 0 saturated carbocycles.